The highest BCUT2D eigenvalue weighted by Gasteiger charge is 2.31. The van der Waals surface area contributed by atoms with E-state index >= 15 is 0 Å². The summed E-state index contributed by atoms with van der Waals surface area (Å²) in [4.78, 5) is 11.3. The van der Waals surface area contributed by atoms with E-state index in [4.69, 9.17) is 21.1 Å². The van der Waals surface area contributed by atoms with Crippen LogP contribution in [0.3, 0.4) is 0 Å². The number of aryl methyl sites for hydroxylation is 1. The Bertz CT molecular complexity index is 1310. The summed E-state index contributed by atoms with van der Waals surface area (Å²) in [7, 11) is -2.90. The summed E-state index contributed by atoms with van der Waals surface area (Å²) >= 11 is 5.93. The highest BCUT2D eigenvalue weighted by atomic mass is 35.5. The maximum absolute atomic E-state index is 13.2. The van der Waals surface area contributed by atoms with Crippen molar-refractivity contribution in [1.82, 2.24) is 0 Å². The van der Waals surface area contributed by atoms with Crippen LogP contribution < -0.4 is 9.47 Å². The van der Waals surface area contributed by atoms with Crippen molar-refractivity contribution in [2.75, 3.05) is 13.7 Å². The third-order valence-corrected chi connectivity index (χ3v) is 6.70. The Hall–Kier alpha value is -3.24. The zero-order valence-electron chi connectivity index (χ0n) is 17.9. The van der Waals surface area contributed by atoms with Crippen LogP contribution in [0.15, 0.2) is 70.5 Å². The number of sulfone groups is 1. The van der Waals surface area contributed by atoms with E-state index in [1.807, 2.05) is 0 Å². The van der Waals surface area contributed by atoms with Crippen LogP contribution in [0.5, 0.6) is 17.2 Å². The van der Waals surface area contributed by atoms with Gasteiger partial charge in [0.1, 0.15) is 22.1 Å². The van der Waals surface area contributed by atoms with E-state index in [0.717, 1.165) is 24.8 Å². The number of methoxy groups -OCH3 is 1. The lowest BCUT2D eigenvalue weighted by atomic mass is 10.2. The van der Waals surface area contributed by atoms with Crippen LogP contribution in [-0.4, -0.2) is 28.1 Å². The van der Waals surface area contributed by atoms with Crippen LogP contribution >= 0.6 is 11.6 Å². The molecule has 0 aliphatic rings. The van der Waals surface area contributed by atoms with Gasteiger partial charge in [-0.2, -0.15) is 13.2 Å². The van der Waals surface area contributed by atoms with Gasteiger partial charge in [0.15, 0.2) is 6.61 Å². The average Bonchev–Trinajstić information content (AvgIpc) is 2.78. The molecule has 0 bridgehead atoms. The molecular weight excluding hydrogens is 497 g/mol. The largest absolute Gasteiger partial charge is 0.480 e. The molecule has 11 heteroatoms. The number of benzene rings is 3. The third-order valence-electron chi connectivity index (χ3n) is 4.60. The maximum atomic E-state index is 13.2. The Kier molecular flexibility index (Phi) is 7.42. The van der Waals surface area contributed by atoms with Crippen LogP contribution in [0, 0.1) is 6.92 Å². The van der Waals surface area contributed by atoms with Gasteiger partial charge in [0.25, 0.3) is 0 Å². The number of ether oxygens (including phenoxy) is 3. The summed E-state index contributed by atoms with van der Waals surface area (Å²) < 4.78 is 80.4. The van der Waals surface area contributed by atoms with E-state index in [-0.39, 0.29) is 32.1 Å². The predicted octanol–water partition coefficient (Wildman–Crippen LogP) is 5.84. The molecule has 0 radical (unpaired) electrons. The highest BCUT2D eigenvalue weighted by Crippen LogP contribution is 2.38. The Morgan fingerprint density at radius 2 is 1.65 bits per heavy atom. The molecule has 0 unspecified atom stereocenters. The zero-order chi connectivity index (χ0) is 25.1. The standard InChI is InChI=1S/C23H18ClF3O6S/c1-14-3-7-17(8-4-14)34(29,30)21-10-6-16(12-20(21)32-13-22(28)31-2)33-19-9-5-15(11-18(19)24)23(25,26)27/h3-12H,13H2,1-2H3. The molecule has 0 amide bonds. The summed E-state index contributed by atoms with van der Waals surface area (Å²) in [5.41, 5.74) is -0.0928. The van der Waals surface area contributed by atoms with Crippen LogP contribution in [0.2, 0.25) is 5.02 Å². The van der Waals surface area contributed by atoms with Crippen molar-refractivity contribution in [2.45, 2.75) is 22.9 Å². The lowest BCUT2D eigenvalue weighted by Crippen LogP contribution is -2.14. The highest BCUT2D eigenvalue weighted by molar-refractivity contribution is 7.91. The molecule has 180 valence electrons. The van der Waals surface area contributed by atoms with Gasteiger partial charge in [-0.1, -0.05) is 29.3 Å². The van der Waals surface area contributed by atoms with Gasteiger partial charge in [0.05, 0.1) is 22.6 Å². The molecule has 3 aromatic carbocycles. The molecule has 0 atom stereocenters. The van der Waals surface area contributed by atoms with E-state index in [1.165, 1.54) is 30.3 Å². The van der Waals surface area contributed by atoms with E-state index in [0.29, 0.717) is 6.07 Å². The van der Waals surface area contributed by atoms with Crippen LogP contribution in [0.1, 0.15) is 11.1 Å². The normalized spacial score (nSPS) is 11.7. The molecular formula is C23H18ClF3O6S. The summed E-state index contributed by atoms with van der Waals surface area (Å²) in [6.45, 7) is 1.22. The molecule has 0 aliphatic carbocycles. The van der Waals surface area contributed by atoms with Gasteiger partial charge >= 0.3 is 12.1 Å². The number of hydrogen-bond acceptors (Lipinski definition) is 6. The molecule has 3 rings (SSSR count). The fourth-order valence-electron chi connectivity index (χ4n) is 2.81. The van der Waals surface area contributed by atoms with Gasteiger partial charge in [-0.3, -0.25) is 0 Å². The minimum atomic E-state index is -4.58. The number of esters is 1. The number of alkyl halides is 3. The topological polar surface area (TPSA) is 78.9 Å². The molecule has 0 aromatic heterocycles. The van der Waals surface area contributed by atoms with E-state index in [2.05, 4.69) is 4.74 Å². The molecule has 6 nitrogen and oxygen atoms in total. The zero-order valence-corrected chi connectivity index (χ0v) is 19.4. The fraction of sp³-hybridized carbons (Fsp3) is 0.174. The Morgan fingerprint density at radius 3 is 2.24 bits per heavy atom. The van der Waals surface area contributed by atoms with Gasteiger partial charge in [-0.05, 0) is 49.4 Å². The van der Waals surface area contributed by atoms with Crippen molar-refractivity contribution in [3.8, 4) is 17.2 Å². The number of hydrogen-bond donors (Lipinski definition) is 0. The second kappa shape index (κ2) is 9.94. The van der Waals surface area contributed by atoms with Crippen molar-refractivity contribution in [1.29, 1.82) is 0 Å². The first-order chi connectivity index (χ1) is 15.9. The van der Waals surface area contributed by atoms with Gasteiger partial charge < -0.3 is 14.2 Å². The van der Waals surface area contributed by atoms with Crippen molar-refractivity contribution in [3.63, 3.8) is 0 Å². The molecule has 0 saturated carbocycles. The maximum Gasteiger partial charge on any atom is 0.416 e. The quantitative estimate of drug-likeness (QED) is 0.368. The summed E-state index contributed by atoms with van der Waals surface area (Å²) in [5, 5.41) is -0.303. The fourth-order valence-corrected chi connectivity index (χ4v) is 4.41. The molecule has 34 heavy (non-hydrogen) atoms. The third kappa shape index (κ3) is 5.81. The van der Waals surface area contributed by atoms with Gasteiger partial charge in [-0.15, -0.1) is 0 Å². The SMILES string of the molecule is COC(=O)COc1cc(Oc2ccc(C(F)(F)F)cc2Cl)ccc1S(=O)(=O)c1ccc(C)cc1. The van der Waals surface area contributed by atoms with Crippen molar-refractivity contribution in [3.05, 3.63) is 76.8 Å². The first kappa shape index (κ1) is 25.4. The van der Waals surface area contributed by atoms with E-state index in [9.17, 15) is 26.4 Å². The minimum absolute atomic E-state index is 0.000435. The molecule has 0 heterocycles. The Labute approximate surface area is 198 Å². The predicted molar refractivity (Wildman–Crippen MR) is 117 cm³/mol. The number of rotatable bonds is 7. The summed E-state index contributed by atoms with van der Waals surface area (Å²) in [6, 6.07) is 12.4. The van der Waals surface area contributed by atoms with Crippen LogP contribution in [-0.2, 0) is 25.5 Å². The van der Waals surface area contributed by atoms with E-state index < -0.39 is 34.2 Å². The number of halogens is 4. The minimum Gasteiger partial charge on any atom is -0.480 e. The Morgan fingerprint density at radius 1 is 0.971 bits per heavy atom. The number of carbonyl (C=O) groups is 1. The van der Waals surface area contributed by atoms with Gasteiger partial charge in [-0.25, -0.2) is 13.2 Å². The molecule has 3 aromatic rings. The second-order valence-electron chi connectivity index (χ2n) is 7.03. The lowest BCUT2D eigenvalue weighted by Gasteiger charge is -2.15. The average molecular weight is 515 g/mol. The molecule has 0 aliphatic heterocycles. The molecule has 0 fully saturated rings. The Balaban J connectivity index is 2.00. The second-order valence-corrected chi connectivity index (χ2v) is 9.36. The summed E-state index contributed by atoms with van der Waals surface area (Å²) in [5.74, 6) is -1.05. The number of carbonyl (C=O) groups excluding carboxylic acids is 1. The summed E-state index contributed by atoms with van der Waals surface area (Å²) in [6.07, 6.45) is -4.58. The first-order valence-electron chi connectivity index (χ1n) is 9.62. The smallest absolute Gasteiger partial charge is 0.416 e. The first-order valence-corrected chi connectivity index (χ1v) is 11.5. The van der Waals surface area contributed by atoms with E-state index in [1.54, 1.807) is 19.1 Å². The van der Waals surface area contributed by atoms with Crippen molar-refractivity contribution >= 4 is 27.4 Å². The molecule has 0 spiro atoms. The van der Waals surface area contributed by atoms with Crippen LogP contribution in [0.4, 0.5) is 13.2 Å². The van der Waals surface area contributed by atoms with Gasteiger partial charge in [0.2, 0.25) is 9.84 Å². The van der Waals surface area contributed by atoms with Gasteiger partial charge in [0, 0.05) is 6.07 Å². The monoisotopic (exact) mass is 514 g/mol. The van der Waals surface area contributed by atoms with Crippen LogP contribution in [0.25, 0.3) is 0 Å². The van der Waals surface area contributed by atoms with Crippen molar-refractivity contribution < 1.29 is 40.6 Å². The molecule has 0 N–H and O–H groups in total. The molecule has 0 saturated heterocycles. The van der Waals surface area contributed by atoms with Crippen molar-refractivity contribution in [2.24, 2.45) is 0 Å². The lowest BCUT2D eigenvalue weighted by molar-refractivity contribution is -0.143.